The summed E-state index contributed by atoms with van der Waals surface area (Å²) >= 11 is 0. The zero-order valence-corrected chi connectivity index (χ0v) is 15.2. The molecule has 2 aliphatic rings. The predicted molar refractivity (Wildman–Crippen MR) is 100 cm³/mol. The molecule has 1 aromatic carbocycles. The van der Waals surface area contributed by atoms with Crippen molar-refractivity contribution < 1.29 is 14.9 Å². The fourth-order valence-corrected chi connectivity index (χ4v) is 3.77. The van der Waals surface area contributed by atoms with Crippen molar-refractivity contribution in [3.63, 3.8) is 0 Å². The summed E-state index contributed by atoms with van der Waals surface area (Å²) in [6.45, 7) is -0.382. The van der Waals surface area contributed by atoms with Crippen LogP contribution in [0.3, 0.4) is 0 Å². The van der Waals surface area contributed by atoms with Crippen molar-refractivity contribution in [2.75, 3.05) is 32.6 Å². The van der Waals surface area contributed by atoms with E-state index in [0.29, 0.717) is 17.8 Å². The van der Waals surface area contributed by atoms with Gasteiger partial charge in [0.2, 0.25) is 0 Å². The van der Waals surface area contributed by atoms with Crippen molar-refractivity contribution in [1.82, 2.24) is 4.90 Å². The highest BCUT2D eigenvalue weighted by Crippen LogP contribution is 2.34. The Kier molecular flexibility index (Phi) is 5.99. The average molecular weight is 346 g/mol. The van der Waals surface area contributed by atoms with Crippen molar-refractivity contribution in [3.8, 4) is 5.75 Å². The molecule has 0 amide bonds. The Morgan fingerprint density at radius 3 is 2.64 bits per heavy atom. The summed E-state index contributed by atoms with van der Waals surface area (Å²) in [7, 11) is 4.32. The maximum atomic E-state index is 9.19. The van der Waals surface area contributed by atoms with E-state index in [1.807, 2.05) is 12.1 Å². The van der Waals surface area contributed by atoms with Gasteiger partial charge in [0.15, 0.2) is 0 Å². The van der Waals surface area contributed by atoms with E-state index in [2.05, 4.69) is 36.5 Å². The summed E-state index contributed by atoms with van der Waals surface area (Å²) in [6.07, 6.45) is 7.55. The number of aryl methyl sites for hydroxylation is 1. The Morgan fingerprint density at radius 1 is 1.20 bits per heavy atom. The Bertz CT molecular complexity index is 611. The van der Waals surface area contributed by atoms with Crippen LogP contribution in [0.2, 0.25) is 0 Å². The second-order valence-corrected chi connectivity index (χ2v) is 7.33. The number of rotatable bonds is 6. The van der Waals surface area contributed by atoms with Gasteiger partial charge in [0.05, 0.1) is 13.2 Å². The highest BCUT2D eigenvalue weighted by Gasteiger charge is 2.25. The zero-order chi connectivity index (χ0) is 17.8. The van der Waals surface area contributed by atoms with E-state index in [0.717, 1.165) is 31.4 Å². The van der Waals surface area contributed by atoms with Crippen LogP contribution in [0.25, 0.3) is 0 Å². The van der Waals surface area contributed by atoms with E-state index in [9.17, 15) is 10.2 Å². The molecule has 1 aliphatic carbocycles. The van der Waals surface area contributed by atoms with E-state index < -0.39 is 6.10 Å². The minimum absolute atomic E-state index is 0.191. The monoisotopic (exact) mass is 346 g/mol. The second kappa shape index (κ2) is 8.21. The second-order valence-electron chi connectivity index (χ2n) is 7.33. The Morgan fingerprint density at radius 2 is 2.00 bits per heavy atom. The highest BCUT2D eigenvalue weighted by molar-refractivity contribution is 5.58. The lowest BCUT2D eigenvalue weighted by Gasteiger charge is -2.34. The SMILES string of the molecule is CN(C)C1CC=C(C2CCc3ccc(OC(CO)CO)cc3N2)CC1. The van der Waals surface area contributed by atoms with Crippen LogP contribution in [-0.2, 0) is 6.42 Å². The smallest absolute Gasteiger partial charge is 0.145 e. The van der Waals surface area contributed by atoms with Crippen molar-refractivity contribution in [3.05, 3.63) is 35.4 Å². The molecule has 0 bridgehead atoms. The van der Waals surface area contributed by atoms with Gasteiger partial charge < -0.3 is 25.2 Å². The van der Waals surface area contributed by atoms with Crippen LogP contribution in [0.1, 0.15) is 31.2 Å². The first-order valence-electron chi connectivity index (χ1n) is 9.24. The number of nitrogens with zero attached hydrogens (tertiary/aromatic N) is 1. The Labute approximate surface area is 150 Å². The first-order valence-corrected chi connectivity index (χ1v) is 9.24. The number of benzene rings is 1. The van der Waals surface area contributed by atoms with Gasteiger partial charge in [-0.1, -0.05) is 17.7 Å². The predicted octanol–water partition coefficient (Wildman–Crippen LogP) is 2.19. The minimum Gasteiger partial charge on any atom is -0.486 e. The molecule has 0 saturated heterocycles. The van der Waals surface area contributed by atoms with E-state index in [4.69, 9.17) is 4.74 Å². The van der Waals surface area contributed by atoms with Crippen LogP contribution in [-0.4, -0.2) is 60.6 Å². The van der Waals surface area contributed by atoms with Crippen LogP contribution in [0.15, 0.2) is 29.8 Å². The van der Waals surface area contributed by atoms with Crippen LogP contribution in [0, 0.1) is 0 Å². The van der Waals surface area contributed by atoms with Gasteiger partial charge in [-0.3, -0.25) is 0 Å². The number of hydrogen-bond donors (Lipinski definition) is 3. The lowest BCUT2D eigenvalue weighted by Crippen LogP contribution is -2.33. The zero-order valence-electron chi connectivity index (χ0n) is 15.2. The van der Waals surface area contributed by atoms with Gasteiger partial charge in [-0.25, -0.2) is 0 Å². The van der Waals surface area contributed by atoms with Gasteiger partial charge in [-0.2, -0.15) is 0 Å². The number of anilines is 1. The fourth-order valence-electron chi connectivity index (χ4n) is 3.77. The third-order valence-electron chi connectivity index (χ3n) is 5.42. The summed E-state index contributed by atoms with van der Waals surface area (Å²) < 4.78 is 5.64. The Balaban J connectivity index is 1.68. The number of fused-ring (bicyclic) bond motifs is 1. The van der Waals surface area contributed by atoms with Gasteiger partial charge in [0.25, 0.3) is 0 Å². The standard InChI is InChI=1S/C20H30N2O3/c1-22(2)16-7-3-14(4-8-16)19-10-6-15-5-9-17(11-20(15)21-19)25-18(12-23)13-24/h3,5,9,11,16,18-19,21,23-24H,4,6-8,10,12-13H2,1-2H3. The van der Waals surface area contributed by atoms with E-state index in [1.165, 1.54) is 17.6 Å². The summed E-state index contributed by atoms with van der Waals surface area (Å²) in [5.41, 5.74) is 3.94. The molecular weight excluding hydrogens is 316 g/mol. The van der Waals surface area contributed by atoms with Gasteiger partial charge in [-0.15, -0.1) is 0 Å². The molecule has 0 radical (unpaired) electrons. The van der Waals surface area contributed by atoms with Crippen LogP contribution in [0.5, 0.6) is 5.75 Å². The average Bonchev–Trinajstić information content (AvgIpc) is 2.65. The fraction of sp³-hybridized carbons (Fsp3) is 0.600. The maximum Gasteiger partial charge on any atom is 0.145 e. The van der Waals surface area contributed by atoms with Gasteiger partial charge in [-0.05, 0) is 57.8 Å². The number of hydrogen-bond acceptors (Lipinski definition) is 5. The molecule has 0 spiro atoms. The summed E-state index contributed by atoms with van der Waals surface area (Å²) in [5.74, 6) is 0.685. The largest absolute Gasteiger partial charge is 0.486 e. The quantitative estimate of drug-likeness (QED) is 0.689. The van der Waals surface area contributed by atoms with Gasteiger partial charge in [0.1, 0.15) is 11.9 Å². The number of nitrogens with one attached hydrogen (secondary N) is 1. The lowest BCUT2D eigenvalue weighted by atomic mass is 9.85. The third-order valence-corrected chi connectivity index (χ3v) is 5.42. The highest BCUT2D eigenvalue weighted by atomic mass is 16.5. The van der Waals surface area contributed by atoms with Crippen molar-refractivity contribution in [2.45, 2.75) is 50.3 Å². The molecule has 0 aromatic heterocycles. The van der Waals surface area contributed by atoms with Crippen molar-refractivity contribution in [1.29, 1.82) is 0 Å². The Hall–Kier alpha value is -1.56. The minimum atomic E-state index is -0.568. The van der Waals surface area contributed by atoms with Crippen molar-refractivity contribution >= 4 is 5.69 Å². The summed E-state index contributed by atoms with van der Waals surface area (Å²) in [5, 5.41) is 22.0. The molecule has 2 atom stereocenters. The molecule has 5 heteroatoms. The molecule has 3 rings (SSSR count). The topological polar surface area (TPSA) is 65.0 Å². The summed E-state index contributed by atoms with van der Waals surface area (Å²) in [6, 6.07) is 7.05. The van der Waals surface area contributed by atoms with Gasteiger partial charge >= 0.3 is 0 Å². The van der Waals surface area contributed by atoms with Crippen LogP contribution < -0.4 is 10.1 Å². The number of aliphatic hydroxyl groups excluding tert-OH is 2. The van der Waals surface area contributed by atoms with Crippen LogP contribution >= 0.6 is 0 Å². The molecule has 25 heavy (non-hydrogen) atoms. The normalized spacial score (nSPS) is 23.2. The molecular formula is C20H30N2O3. The molecule has 5 nitrogen and oxygen atoms in total. The van der Waals surface area contributed by atoms with E-state index >= 15 is 0 Å². The molecule has 138 valence electrons. The molecule has 1 aromatic rings. The molecule has 1 aliphatic heterocycles. The number of ether oxygens (including phenoxy) is 1. The summed E-state index contributed by atoms with van der Waals surface area (Å²) in [4.78, 5) is 2.32. The maximum absolute atomic E-state index is 9.19. The lowest BCUT2D eigenvalue weighted by molar-refractivity contribution is 0.0629. The molecule has 2 unspecified atom stereocenters. The van der Waals surface area contributed by atoms with Crippen molar-refractivity contribution in [2.24, 2.45) is 0 Å². The molecule has 1 heterocycles. The molecule has 0 fully saturated rings. The van der Waals surface area contributed by atoms with Gasteiger partial charge in [0, 0.05) is 23.8 Å². The number of aliphatic hydroxyl groups is 2. The van der Waals surface area contributed by atoms with E-state index in [-0.39, 0.29) is 13.2 Å². The third kappa shape index (κ3) is 4.35. The molecule has 0 saturated carbocycles. The van der Waals surface area contributed by atoms with Crippen LogP contribution in [0.4, 0.5) is 5.69 Å². The first kappa shape index (κ1) is 18.2. The van der Waals surface area contributed by atoms with E-state index in [1.54, 1.807) is 0 Å². The molecule has 3 N–H and O–H groups in total. The first-order chi connectivity index (χ1) is 12.1.